The first-order valence-electron chi connectivity index (χ1n) is 6.01. The van der Waals surface area contributed by atoms with Gasteiger partial charge in [0.05, 0.1) is 15.4 Å². The Hall–Kier alpha value is -1.37. The van der Waals surface area contributed by atoms with E-state index in [1.807, 2.05) is 67.6 Å². The normalized spacial score (nSPS) is 10.8. The molecule has 0 aliphatic heterocycles. The van der Waals surface area contributed by atoms with Crippen LogP contribution >= 0.6 is 22.6 Å². The summed E-state index contributed by atoms with van der Waals surface area (Å²) in [5.41, 5.74) is 1.50. The van der Waals surface area contributed by atoms with Crippen LogP contribution in [0.2, 0.25) is 0 Å². The Morgan fingerprint density at radius 3 is 2.42 bits per heavy atom. The fourth-order valence-electron chi connectivity index (χ4n) is 1.67. The van der Waals surface area contributed by atoms with E-state index in [4.69, 9.17) is 4.74 Å². The molecule has 0 aliphatic rings. The maximum Gasteiger partial charge on any atom is 0.264 e. The van der Waals surface area contributed by atoms with Crippen molar-refractivity contribution in [2.24, 2.45) is 0 Å². The average Bonchev–Trinajstić information content (AvgIpc) is 2.35. The minimum atomic E-state index is -0.106. The van der Waals surface area contributed by atoms with Gasteiger partial charge in [-0.25, -0.2) is 4.98 Å². The van der Waals surface area contributed by atoms with Crippen LogP contribution in [0.1, 0.15) is 19.5 Å². The molecule has 2 rings (SSSR count). The lowest BCUT2D eigenvalue weighted by Gasteiger charge is -2.10. The average molecular weight is 370 g/mol. The van der Waals surface area contributed by atoms with Gasteiger partial charge in [0.15, 0.2) is 0 Å². The molecule has 0 saturated carbocycles. The Bertz CT molecular complexity index is 633. The van der Waals surface area contributed by atoms with Crippen molar-refractivity contribution in [3.63, 3.8) is 0 Å². The van der Waals surface area contributed by atoms with Crippen molar-refractivity contribution in [3.05, 3.63) is 43.9 Å². The number of benzene rings is 1. The van der Waals surface area contributed by atoms with Gasteiger partial charge in [0.1, 0.15) is 11.6 Å². The molecule has 0 unspecified atom stereocenters. The molecule has 0 radical (unpaired) electrons. The summed E-state index contributed by atoms with van der Waals surface area (Å²) >= 11 is 2.00. The Balaban J connectivity index is 2.35. The standard InChI is InChI=1S/C14H15IN2O2/c1-8(2)19-11-6-4-10(5-7-11)13-16-9(3)12(15)14(18)17-13/h4-8H,1-3H3,(H,16,17,18). The van der Waals surface area contributed by atoms with E-state index in [9.17, 15) is 4.79 Å². The third kappa shape index (κ3) is 3.34. The molecule has 100 valence electrons. The quantitative estimate of drug-likeness (QED) is 0.845. The van der Waals surface area contributed by atoms with Crippen molar-refractivity contribution in [1.82, 2.24) is 9.97 Å². The zero-order chi connectivity index (χ0) is 14.0. The Morgan fingerprint density at radius 1 is 1.26 bits per heavy atom. The summed E-state index contributed by atoms with van der Waals surface area (Å²) in [5.74, 6) is 1.39. The largest absolute Gasteiger partial charge is 0.491 e. The van der Waals surface area contributed by atoms with E-state index in [1.165, 1.54) is 0 Å². The van der Waals surface area contributed by atoms with Gasteiger partial charge in [-0.15, -0.1) is 0 Å². The highest BCUT2D eigenvalue weighted by molar-refractivity contribution is 14.1. The molecule has 2 aromatic rings. The molecule has 0 fully saturated rings. The number of ether oxygens (including phenoxy) is 1. The van der Waals surface area contributed by atoms with E-state index >= 15 is 0 Å². The Labute approximate surface area is 125 Å². The van der Waals surface area contributed by atoms with Crippen molar-refractivity contribution in [3.8, 4) is 17.1 Å². The lowest BCUT2D eigenvalue weighted by molar-refractivity contribution is 0.242. The number of nitrogens with one attached hydrogen (secondary N) is 1. The van der Waals surface area contributed by atoms with Gasteiger partial charge in [-0.3, -0.25) is 4.79 Å². The number of nitrogens with zero attached hydrogens (tertiary/aromatic N) is 1. The van der Waals surface area contributed by atoms with Crippen molar-refractivity contribution in [2.75, 3.05) is 0 Å². The number of aromatic nitrogens is 2. The van der Waals surface area contributed by atoms with Gasteiger partial charge in [-0.05, 0) is 67.6 Å². The Morgan fingerprint density at radius 2 is 1.89 bits per heavy atom. The number of H-pyrrole nitrogens is 1. The predicted molar refractivity (Wildman–Crippen MR) is 83.5 cm³/mol. The summed E-state index contributed by atoms with van der Waals surface area (Å²) in [7, 11) is 0. The van der Waals surface area contributed by atoms with Crippen molar-refractivity contribution >= 4 is 22.6 Å². The van der Waals surface area contributed by atoms with Crippen LogP contribution in [0.5, 0.6) is 5.75 Å². The first kappa shape index (κ1) is 14.0. The molecule has 0 bridgehead atoms. The number of halogens is 1. The van der Waals surface area contributed by atoms with Crippen LogP contribution in [-0.2, 0) is 0 Å². The van der Waals surface area contributed by atoms with Crippen LogP contribution < -0.4 is 10.3 Å². The molecule has 0 amide bonds. The molecule has 0 aliphatic carbocycles. The van der Waals surface area contributed by atoms with E-state index in [0.717, 1.165) is 17.0 Å². The van der Waals surface area contributed by atoms with Crippen molar-refractivity contribution in [2.45, 2.75) is 26.9 Å². The molecule has 5 heteroatoms. The van der Waals surface area contributed by atoms with E-state index < -0.39 is 0 Å². The highest BCUT2D eigenvalue weighted by Gasteiger charge is 2.07. The zero-order valence-electron chi connectivity index (χ0n) is 11.0. The second kappa shape index (κ2) is 5.73. The molecule has 1 aromatic carbocycles. The lowest BCUT2D eigenvalue weighted by atomic mass is 10.2. The van der Waals surface area contributed by atoms with Crippen LogP contribution in [0, 0.1) is 10.5 Å². The molecule has 0 saturated heterocycles. The van der Waals surface area contributed by atoms with Gasteiger partial charge in [0.25, 0.3) is 5.56 Å². The molecule has 1 heterocycles. The van der Waals surface area contributed by atoms with Gasteiger partial charge in [-0.2, -0.15) is 0 Å². The van der Waals surface area contributed by atoms with E-state index in [2.05, 4.69) is 9.97 Å². The highest BCUT2D eigenvalue weighted by Crippen LogP contribution is 2.20. The molecular weight excluding hydrogens is 355 g/mol. The van der Waals surface area contributed by atoms with Gasteiger partial charge in [0, 0.05) is 5.56 Å². The number of aromatic amines is 1. The summed E-state index contributed by atoms with van der Waals surface area (Å²) in [6.45, 7) is 5.79. The monoisotopic (exact) mass is 370 g/mol. The fraction of sp³-hybridized carbons (Fsp3) is 0.286. The Kier molecular flexibility index (Phi) is 4.24. The number of hydrogen-bond acceptors (Lipinski definition) is 3. The summed E-state index contributed by atoms with van der Waals surface area (Å²) < 4.78 is 6.20. The molecule has 1 aromatic heterocycles. The maximum atomic E-state index is 11.7. The molecular formula is C14H15IN2O2. The fourth-order valence-corrected chi connectivity index (χ4v) is 1.93. The van der Waals surface area contributed by atoms with Gasteiger partial charge < -0.3 is 9.72 Å². The molecule has 19 heavy (non-hydrogen) atoms. The van der Waals surface area contributed by atoms with Crippen molar-refractivity contribution < 1.29 is 4.74 Å². The third-order valence-electron chi connectivity index (χ3n) is 2.53. The number of rotatable bonds is 3. The van der Waals surface area contributed by atoms with Gasteiger partial charge in [0.2, 0.25) is 0 Å². The molecule has 1 N–H and O–H groups in total. The van der Waals surface area contributed by atoms with Gasteiger partial charge >= 0.3 is 0 Å². The molecule has 0 atom stereocenters. The summed E-state index contributed by atoms with van der Waals surface area (Å²) in [4.78, 5) is 18.9. The summed E-state index contributed by atoms with van der Waals surface area (Å²) in [6, 6.07) is 7.54. The summed E-state index contributed by atoms with van der Waals surface area (Å²) in [5, 5.41) is 0. The predicted octanol–water partition coefficient (Wildman–Crippen LogP) is 3.14. The van der Waals surface area contributed by atoms with Crippen molar-refractivity contribution in [1.29, 1.82) is 0 Å². The molecule has 4 nitrogen and oxygen atoms in total. The zero-order valence-corrected chi connectivity index (χ0v) is 13.2. The topological polar surface area (TPSA) is 55.0 Å². The first-order chi connectivity index (χ1) is 8.97. The highest BCUT2D eigenvalue weighted by atomic mass is 127. The summed E-state index contributed by atoms with van der Waals surface area (Å²) in [6.07, 6.45) is 0.143. The van der Waals surface area contributed by atoms with E-state index in [0.29, 0.717) is 9.39 Å². The SMILES string of the molecule is Cc1nc(-c2ccc(OC(C)C)cc2)[nH]c(=O)c1I. The second-order valence-corrected chi connectivity index (χ2v) is 5.58. The van der Waals surface area contributed by atoms with Crippen LogP contribution in [0.3, 0.4) is 0 Å². The maximum absolute atomic E-state index is 11.7. The van der Waals surface area contributed by atoms with Crippen LogP contribution in [0.25, 0.3) is 11.4 Å². The lowest BCUT2D eigenvalue weighted by Crippen LogP contribution is -2.14. The molecule has 0 spiro atoms. The van der Waals surface area contributed by atoms with Crippen LogP contribution in [-0.4, -0.2) is 16.1 Å². The van der Waals surface area contributed by atoms with E-state index in [-0.39, 0.29) is 11.7 Å². The van der Waals surface area contributed by atoms with Gasteiger partial charge in [-0.1, -0.05) is 0 Å². The first-order valence-corrected chi connectivity index (χ1v) is 7.08. The smallest absolute Gasteiger partial charge is 0.264 e. The minimum Gasteiger partial charge on any atom is -0.491 e. The minimum absolute atomic E-state index is 0.106. The van der Waals surface area contributed by atoms with E-state index in [1.54, 1.807) is 0 Å². The number of aryl methyl sites for hydroxylation is 1. The third-order valence-corrected chi connectivity index (χ3v) is 3.80. The second-order valence-electron chi connectivity index (χ2n) is 4.50. The van der Waals surface area contributed by atoms with Crippen LogP contribution in [0.15, 0.2) is 29.1 Å². The number of hydrogen-bond donors (Lipinski definition) is 1. The van der Waals surface area contributed by atoms with Crippen LogP contribution in [0.4, 0.5) is 0 Å².